The van der Waals surface area contributed by atoms with Crippen molar-refractivity contribution in [2.75, 3.05) is 13.7 Å². The lowest BCUT2D eigenvalue weighted by Gasteiger charge is -2.31. The predicted molar refractivity (Wildman–Crippen MR) is 79.1 cm³/mol. The number of nitrogens with zero attached hydrogens (tertiary/aromatic N) is 1. The van der Waals surface area contributed by atoms with E-state index < -0.39 is 0 Å². The normalized spacial score (nSPS) is 18.7. The molecule has 1 heterocycles. The van der Waals surface area contributed by atoms with Gasteiger partial charge in [-0.2, -0.15) is 0 Å². The molecule has 3 heteroatoms. The maximum atomic E-state index is 11.5. The molecule has 1 aromatic carbocycles. The van der Waals surface area contributed by atoms with E-state index in [1.165, 1.54) is 27.8 Å². The monoisotopic (exact) mass is 269 g/mol. The largest absolute Gasteiger partial charge is 0.504 e. The van der Waals surface area contributed by atoms with Crippen LogP contribution in [0.5, 0.6) is 0 Å². The molecule has 1 amide bonds. The Morgan fingerprint density at radius 1 is 1.30 bits per heavy atom. The van der Waals surface area contributed by atoms with Gasteiger partial charge in [0.05, 0.1) is 13.4 Å². The van der Waals surface area contributed by atoms with E-state index in [2.05, 4.69) is 24.3 Å². The zero-order valence-corrected chi connectivity index (χ0v) is 12.0. The SMILES string of the molecule is COC=C1C=Cc2ccc3c(c2C1)CCN(C(C)=O)C3. The smallest absolute Gasteiger partial charge is 0.219 e. The van der Waals surface area contributed by atoms with Crippen molar-refractivity contribution >= 4 is 12.0 Å². The summed E-state index contributed by atoms with van der Waals surface area (Å²) in [7, 11) is 1.68. The number of amides is 1. The quantitative estimate of drug-likeness (QED) is 0.734. The highest BCUT2D eigenvalue weighted by atomic mass is 16.5. The minimum Gasteiger partial charge on any atom is -0.504 e. The van der Waals surface area contributed by atoms with Gasteiger partial charge in [0.1, 0.15) is 0 Å². The van der Waals surface area contributed by atoms with Crippen molar-refractivity contribution in [3.05, 3.63) is 52.3 Å². The maximum Gasteiger partial charge on any atom is 0.219 e. The Morgan fingerprint density at radius 3 is 2.90 bits per heavy atom. The summed E-state index contributed by atoms with van der Waals surface area (Å²) in [6.07, 6.45) is 7.95. The van der Waals surface area contributed by atoms with Crippen molar-refractivity contribution < 1.29 is 9.53 Å². The van der Waals surface area contributed by atoms with Crippen LogP contribution in [0.2, 0.25) is 0 Å². The van der Waals surface area contributed by atoms with Gasteiger partial charge in [0.25, 0.3) is 0 Å². The Labute approximate surface area is 119 Å². The van der Waals surface area contributed by atoms with Gasteiger partial charge in [0.2, 0.25) is 5.91 Å². The minimum absolute atomic E-state index is 0.160. The van der Waals surface area contributed by atoms with E-state index in [1.54, 1.807) is 14.0 Å². The molecular formula is C17H19NO2. The number of hydrogen-bond donors (Lipinski definition) is 0. The number of allylic oxidation sites excluding steroid dienone is 2. The second kappa shape index (κ2) is 5.16. The number of benzene rings is 1. The molecule has 0 saturated carbocycles. The van der Waals surface area contributed by atoms with E-state index >= 15 is 0 Å². The Hall–Kier alpha value is -2.03. The first-order chi connectivity index (χ1) is 9.69. The fraction of sp³-hybridized carbons (Fsp3) is 0.353. The number of ether oxygens (including phenoxy) is 1. The van der Waals surface area contributed by atoms with Gasteiger partial charge in [-0.25, -0.2) is 0 Å². The van der Waals surface area contributed by atoms with Crippen LogP contribution >= 0.6 is 0 Å². The van der Waals surface area contributed by atoms with Gasteiger partial charge in [-0.05, 0) is 34.2 Å². The lowest BCUT2D eigenvalue weighted by molar-refractivity contribution is -0.129. The third-order valence-electron chi connectivity index (χ3n) is 4.13. The average Bonchev–Trinajstić information content (AvgIpc) is 2.46. The van der Waals surface area contributed by atoms with Crippen LogP contribution in [0.4, 0.5) is 0 Å². The maximum absolute atomic E-state index is 11.5. The van der Waals surface area contributed by atoms with E-state index in [0.29, 0.717) is 0 Å². The summed E-state index contributed by atoms with van der Waals surface area (Å²) in [6, 6.07) is 4.33. The molecule has 0 N–H and O–H groups in total. The molecule has 1 aliphatic heterocycles. The molecular weight excluding hydrogens is 250 g/mol. The average molecular weight is 269 g/mol. The van der Waals surface area contributed by atoms with Gasteiger partial charge >= 0.3 is 0 Å². The van der Waals surface area contributed by atoms with E-state index in [4.69, 9.17) is 4.74 Å². The summed E-state index contributed by atoms with van der Waals surface area (Å²) in [5.74, 6) is 0.160. The van der Waals surface area contributed by atoms with E-state index in [0.717, 1.165) is 25.9 Å². The molecule has 0 unspecified atom stereocenters. The molecule has 0 aromatic heterocycles. The first kappa shape index (κ1) is 13.0. The van der Waals surface area contributed by atoms with Crippen LogP contribution < -0.4 is 0 Å². The zero-order chi connectivity index (χ0) is 14.1. The highest BCUT2D eigenvalue weighted by molar-refractivity contribution is 5.74. The number of carbonyl (C=O) groups is 1. The molecule has 3 rings (SSSR count). The summed E-state index contributed by atoms with van der Waals surface area (Å²) in [5, 5.41) is 0. The number of fused-ring (bicyclic) bond motifs is 3. The van der Waals surface area contributed by atoms with E-state index in [1.807, 2.05) is 11.2 Å². The van der Waals surface area contributed by atoms with Gasteiger partial charge in [-0.3, -0.25) is 4.79 Å². The molecule has 20 heavy (non-hydrogen) atoms. The number of rotatable bonds is 1. The number of hydrogen-bond acceptors (Lipinski definition) is 2. The minimum atomic E-state index is 0.160. The standard InChI is InChI=1S/C17H19NO2/c1-12(19)18-8-7-16-15(10-18)6-5-14-4-3-13(11-20-2)9-17(14)16/h3-6,11H,7-10H2,1-2H3. The van der Waals surface area contributed by atoms with Crippen LogP contribution in [-0.2, 0) is 28.9 Å². The van der Waals surface area contributed by atoms with Crippen LogP contribution in [0.15, 0.2) is 30.0 Å². The summed E-state index contributed by atoms with van der Waals surface area (Å²) >= 11 is 0. The highest BCUT2D eigenvalue weighted by Crippen LogP contribution is 2.31. The molecule has 0 fully saturated rings. The Bertz CT molecular complexity index is 614. The number of methoxy groups -OCH3 is 1. The van der Waals surface area contributed by atoms with Crippen LogP contribution in [0.3, 0.4) is 0 Å². The van der Waals surface area contributed by atoms with Crippen molar-refractivity contribution in [2.24, 2.45) is 0 Å². The van der Waals surface area contributed by atoms with Crippen LogP contribution in [-0.4, -0.2) is 24.5 Å². The fourth-order valence-electron chi connectivity index (χ4n) is 3.08. The second-order valence-corrected chi connectivity index (χ2v) is 5.40. The number of carbonyl (C=O) groups excluding carboxylic acids is 1. The van der Waals surface area contributed by atoms with Gasteiger partial charge in [0, 0.05) is 26.4 Å². The van der Waals surface area contributed by atoms with Crippen molar-refractivity contribution in [3.8, 4) is 0 Å². The van der Waals surface area contributed by atoms with Crippen molar-refractivity contribution in [1.82, 2.24) is 4.90 Å². The molecule has 1 aromatic rings. The molecule has 0 spiro atoms. The molecule has 1 aliphatic carbocycles. The summed E-state index contributed by atoms with van der Waals surface area (Å²) in [4.78, 5) is 13.4. The Kier molecular flexibility index (Phi) is 3.35. The van der Waals surface area contributed by atoms with Gasteiger partial charge in [0.15, 0.2) is 0 Å². The summed E-state index contributed by atoms with van der Waals surface area (Å²) < 4.78 is 5.12. The lowest BCUT2D eigenvalue weighted by Crippen LogP contribution is -2.34. The molecule has 0 bridgehead atoms. The van der Waals surface area contributed by atoms with Crippen LogP contribution in [0.1, 0.15) is 29.2 Å². The Balaban J connectivity index is 1.97. The molecule has 3 nitrogen and oxygen atoms in total. The topological polar surface area (TPSA) is 29.5 Å². The molecule has 0 saturated heterocycles. The first-order valence-corrected chi connectivity index (χ1v) is 6.98. The van der Waals surface area contributed by atoms with Crippen LogP contribution in [0, 0.1) is 0 Å². The molecule has 2 aliphatic rings. The van der Waals surface area contributed by atoms with E-state index in [9.17, 15) is 4.79 Å². The molecule has 104 valence electrons. The summed E-state index contributed by atoms with van der Waals surface area (Å²) in [5.41, 5.74) is 6.61. The van der Waals surface area contributed by atoms with Gasteiger partial charge < -0.3 is 9.64 Å². The summed E-state index contributed by atoms with van der Waals surface area (Å²) in [6.45, 7) is 3.21. The van der Waals surface area contributed by atoms with Gasteiger partial charge in [-0.15, -0.1) is 0 Å². The highest BCUT2D eigenvalue weighted by Gasteiger charge is 2.22. The predicted octanol–water partition coefficient (Wildman–Crippen LogP) is 2.69. The molecule has 0 radical (unpaired) electrons. The second-order valence-electron chi connectivity index (χ2n) is 5.40. The first-order valence-electron chi connectivity index (χ1n) is 6.98. The lowest BCUT2D eigenvalue weighted by atomic mass is 9.85. The third-order valence-corrected chi connectivity index (χ3v) is 4.13. The zero-order valence-electron chi connectivity index (χ0n) is 12.0. The van der Waals surface area contributed by atoms with Crippen LogP contribution in [0.25, 0.3) is 6.08 Å². The molecule has 0 atom stereocenters. The fourth-order valence-corrected chi connectivity index (χ4v) is 3.08. The van der Waals surface area contributed by atoms with Gasteiger partial charge in [-0.1, -0.05) is 24.3 Å². The van der Waals surface area contributed by atoms with Crippen molar-refractivity contribution in [2.45, 2.75) is 26.3 Å². The van der Waals surface area contributed by atoms with Crippen molar-refractivity contribution in [1.29, 1.82) is 0 Å². The third kappa shape index (κ3) is 2.24. The van der Waals surface area contributed by atoms with Crippen molar-refractivity contribution in [3.63, 3.8) is 0 Å². The van der Waals surface area contributed by atoms with E-state index in [-0.39, 0.29) is 5.91 Å². The Morgan fingerprint density at radius 2 is 2.15 bits per heavy atom.